The van der Waals surface area contributed by atoms with Crippen molar-refractivity contribution >= 4 is 40.1 Å². The van der Waals surface area contributed by atoms with Crippen LogP contribution < -0.4 is 15.1 Å². The van der Waals surface area contributed by atoms with E-state index in [4.69, 9.17) is 9.97 Å². The fraction of sp³-hybridized carbons (Fsp3) is 0.523. The zero-order valence-electron chi connectivity index (χ0n) is 33.5. The predicted octanol–water partition coefficient (Wildman–Crippen LogP) is 5.23. The molecule has 3 amide bonds. The zero-order chi connectivity index (χ0) is 39.6. The molecule has 0 saturated carbocycles. The summed E-state index contributed by atoms with van der Waals surface area (Å²) in [5, 5.41) is 3.61. The van der Waals surface area contributed by atoms with E-state index in [1.54, 1.807) is 18.7 Å². The molecule has 9 rings (SSSR count). The molecular weight excluding hydrogens is 722 g/mol. The average molecular weight is 776 g/mol. The third-order valence-electron chi connectivity index (χ3n) is 13.2. The van der Waals surface area contributed by atoms with Gasteiger partial charge in [0.25, 0.3) is 5.91 Å². The van der Waals surface area contributed by atoms with Crippen LogP contribution in [-0.2, 0) is 22.6 Å². The lowest BCUT2D eigenvalue weighted by atomic mass is 9.89. The van der Waals surface area contributed by atoms with Gasteiger partial charge < -0.3 is 19.7 Å². The molecule has 2 N–H and O–H groups in total. The van der Waals surface area contributed by atoms with Crippen molar-refractivity contribution in [2.24, 2.45) is 5.92 Å². The normalized spacial score (nSPS) is 23.6. The third kappa shape index (κ3) is 7.28. The van der Waals surface area contributed by atoms with Gasteiger partial charge in [-0.25, -0.2) is 9.37 Å². The Hall–Kier alpha value is -4.88. The molecule has 7 heterocycles. The number of alkyl halides is 1. The van der Waals surface area contributed by atoms with Gasteiger partial charge in [0, 0.05) is 85.6 Å². The number of aromatic amines is 1. The van der Waals surface area contributed by atoms with Crippen molar-refractivity contribution < 1.29 is 18.8 Å². The lowest BCUT2D eigenvalue weighted by molar-refractivity contribution is -0.136. The number of anilines is 2. The van der Waals surface area contributed by atoms with Crippen LogP contribution >= 0.6 is 0 Å². The maximum atomic E-state index is 15.2. The van der Waals surface area contributed by atoms with Crippen molar-refractivity contribution in [3.63, 3.8) is 0 Å². The molecule has 0 aliphatic carbocycles. The fourth-order valence-electron chi connectivity index (χ4n) is 9.86. The minimum absolute atomic E-state index is 0.134. The molecule has 5 aliphatic heterocycles. The molecule has 300 valence electrons. The molecule has 5 aliphatic rings. The lowest BCUT2D eigenvalue weighted by Crippen LogP contribution is -2.58. The van der Waals surface area contributed by atoms with Gasteiger partial charge in [-0.1, -0.05) is 18.2 Å². The number of rotatable bonds is 10. The number of imide groups is 1. The third-order valence-corrected chi connectivity index (χ3v) is 13.2. The number of carbonyl (C=O) groups is 3. The fourth-order valence-corrected chi connectivity index (χ4v) is 9.86. The van der Waals surface area contributed by atoms with Crippen LogP contribution in [0.5, 0.6) is 0 Å². The largest absolute Gasteiger partial charge is 0.368 e. The first kappa shape index (κ1) is 37.7. The van der Waals surface area contributed by atoms with E-state index in [2.05, 4.69) is 74.2 Å². The van der Waals surface area contributed by atoms with E-state index in [0.29, 0.717) is 37.0 Å². The van der Waals surface area contributed by atoms with Crippen LogP contribution in [0, 0.1) is 5.92 Å². The van der Waals surface area contributed by atoms with E-state index < -0.39 is 11.7 Å². The first-order chi connectivity index (χ1) is 27.4. The highest BCUT2D eigenvalue weighted by atomic mass is 19.1. The van der Waals surface area contributed by atoms with Gasteiger partial charge in [0.2, 0.25) is 11.8 Å². The lowest BCUT2D eigenvalue weighted by Gasteiger charge is -2.46. The molecule has 12 nitrogen and oxygen atoms in total. The van der Waals surface area contributed by atoms with Crippen molar-refractivity contribution in [2.45, 2.75) is 95.7 Å². The zero-order valence-corrected chi connectivity index (χ0v) is 33.5. The Morgan fingerprint density at radius 1 is 0.982 bits per heavy atom. The number of hydrogen-bond acceptors (Lipinski definition) is 9. The number of fused-ring (bicyclic) bond motifs is 4. The summed E-state index contributed by atoms with van der Waals surface area (Å²) in [6.07, 6.45) is 8.71. The summed E-state index contributed by atoms with van der Waals surface area (Å²) in [4.78, 5) is 61.9. The highest BCUT2D eigenvalue weighted by molar-refractivity contribution is 6.05. The van der Waals surface area contributed by atoms with E-state index in [1.807, 2.05) is 24.5 Å². The summed E-state index contributed by atoms with van der Waals surface area (Å²) in [6.45, 7) is 11.1. The van der Waals surface area contributed by atoms with Crippen molar-refractivity contribution in [3.05, 3.63) is 82.9 Å². The minimum atomic E-state index is -1.35. The highest BCUT2D eigenvalue weighted by Gasteiger charge is 2.41. The molecule has 2 aromatic carbocycles. The van der Waals surface area contributed by atoms with Crippen LogP contribution in [0.1, 0.15) is 91.8 Å². The van der Waals surface area contributed by atoms with Gasteiger partial charge in [-0.2, -0.15) is 0 Å². The number of nitrogens with one attached hydrogen (secondary N) is 2. The maximum Gasteiger partial charge on any atom is 0.255 e. The standard InChI is InChI=1S/C44H54FN9O3/c1-27-19-34-33-7-5-6-8-35(33)48-40(34)41(54(27)26-44(2,3)45)36-21-47-38(22-46-36)51-17-14-28(15-18-51)13-16-50(4)31-24-52(25-31)30-9-10-32-29(20-30)23-53(43(32)57)37-11-12-39(55)49-42(37)56/h5-10,20-22,27-28,31,37,41,48H,11-19,23-26H2,1-4H3,(H,49,55,56)/t27-,37?,41-/m1/s1. The maximum absolute atomic E-state index is 15.2. The molecule has 0 bridgehead atoms. The summed E-state index contributed by atoms with van der Waals surface area (Å²) >= 11 is 0. The SMILES string of the molecule is C[C@@H]1Cc2c([nH]c3ccccc23)[C@@H](c2cnc(N3CCC(CCN(C)C4CN(c5ccc6c(c5)CN(C5CCC(=O)NC5=O)C6=O)C4)CC3)cn2)N1CC(C)(C)F. The number of H-pyrrole nitrogens is 1. The Bertz CT molecular complexity index is 2170. The van der Waals surface area contributed by atoms with Gasteiger partial charge >= 0.3 is 0 Å². The summed E-state index contributed by atoms with van der Waals surface area (Å²) < 4.78 is 15.2. The first-order valence-corrected chi connectivity index (χ1v) is 20.7. The van der Waals surface area contributed by atoms with E-state index in [-0.39, 0.29) is 36.2 Å². The Kier molecular flexibility index (Phi) is 9.79. The summed E-state index contributed by atoms with van der Waals surface area (Å²) in [5.74, 6) is 0.778. The Labute approximate surface area is 333 Å². The number of benzene rings is 2. The quantitative estimate of drug-likeness (QED) is 0.209. The van der Waals surface area contributed by atoms with Crippen molar-refractivity contribution in [3.8, 4) is 0 Å². The molecule has 13 heteroatoms. The molecule has 57 heavy (non-hydrogen) atoms. The van der Waals surface area contributed by atoms with Crippen LogP contribution in [0.3, 0.4) is 0 Å². The molecule has 3 atom stereocenters. The molecule has 4 aromatic rings. The topological polar surface area (TPSA) is 121 Å². The van der Waals surface area contributed by atoms with Gasteiger partial charge in [0.05, 0.1) is 24.1 Å². The van der Waals surface area contributed by atoms with Crippen LogP contribution in [0.25, 0.3) is 10.9 Å². The molecule has 0 spiro atoms. The van der Waals surface area contributed by atoms with Crippen LogP contribution in [0.15, 0.2) is 54.9 Å². The number of carbonyl (C=O) groups excluding carboxylic acids is 3. The Balaban J connectivity index is 0.766. The van der Waals surface area contributed by atoms with Gasteiger partial charge in [-0.05, 0) is 108 Å². The van der Waals surface area contributed by atoms with E-state index in [1.165, 1.54) is 10.9 Å². The number of halogens is 1. The molecule has 1 unspecified atom stereocenters. The molecular formula is C44H54FN9O3. The van der Waals surface area contributed by atoms with Gasteiger partial charge in [0.1, 0.15) is 17.5 Å². The average Bonchev–Trinajstić information content (AvgIpc) is 3.70. The molecule has 0 radical (unpaired) electrons. The van der Waals surface area contributed by atoms with Crippen molar-refractivity contribution in [1.29, 1.82) is 0 Å². The highest BCUT2D eigenvalue weighted by Crippen LogP contribution is 2.41. The predicted molar refractivity (Wildman–Crippen MR) is 218 cm³/mol. The second kappa shape index (κ2) is 14.8. The molecule has 2 aromatic heterocycles. The monoisotopic (exact) mass is 775 g/mol. The van der Waals surface area contributed by atoms with Gasteiger partial charge in [-0.3, -0.25) is 34.5 Å². The number of nitrogens with zero attached hydrogens (tertiary/aromatic N) is 7. The van der Waals surface area contributed by atoms with E-state index in [9.17, 15) is 14.4 Å². The second-order valence-corrected chi connectivity index (χ2v) is 17.7. The van der Waals surface area contributed by atoms with E-state index in [0.717, 1.165) is 92.4 Å². The van der Waals surface area contributed by atoms with Crippen LogP contribution in [-0.4, -0.2) is 117 Å². The number of hydrogen-bond donors (Lipinski definition) is 2. The Morgan fingerprint density at radius 3 is 2.51 bits per heavy atom. The summed E-state index contributed by atoms with van der Waals surface area (Å²) in [7, 11) is 2.23. The first-order valence-electron chi connectivity index (χ1n) is 20.7. The summed E-state index contributed by atoms with van der Waals surface area (Å²) in [6, 6.07) is 14.3. The van der Waals surface area contributed by atoms with Crippen LogP contribution in [0.4, 0.5) is 15.9 Å². The second-order valence-electron chi connectivity index (χ2n) is 17.7. The van der Waals surface area contributed by atoms with Crippen molar-refractivity contribution in [1.82, 2.24) is 35.0 Å². The minimum Gasteiger partial charge on any atom is -0.368 e. The number of para-hydroxylation sites is 1. The van der Waals surface area contributed by atoms with Gasteiger partial charge in [0.15, 0.2) is 0 Å². The Morgan fingerprint density at radius 2 is 1.77 bits per heavy atom. The van der Waals surface area contributed by atoms with E-state index >= 15 is 4.39 Å². The number of piperidine rings is 2. The van der Waals surface area contributed by atoms with Crippen LogP contribution in [0.2, 0.25) is 0 Å². The van der Waals surface area contributed by atoms with Gasteiger partial charge in [-0.15, -0.1) is 0 Å². The number of amides is 3. The smallest absolute Gasteiger partial charge is 0.255 e. The van der Waals surface area contributed by atoms with Crippen molar-refractivity contribution in [2.75, 3.05) is 56.1 Å². The number of likely N-dealkylation sites (N-methyl/N-ethyl adjacent to an activating group) is 1. The number of aromatic nitrogens is 3. The summed E-state index contributed by atoms with van der Waals surface area (Å²) in [5.41, 5.74) is 5.70. The molecule has 3 fully saturated rings. The molecule has 3 saturated heterocycles.